The number of hydrogen-bond acceptors (Lipinski definition) is 5. The van der Waals surface area contributed by atoms with Gasteiger partial charge in [0.25, 0.3) is 15.9 Å². The number of aryl methyl sites for hydroxylation is 1. The first-order valence-electron chi connectivity index (χ1n) is 10.2. The van der Waals surface area contributed by atoms with E-state index in [1.165, 1.54) is 24.3 Å². The summed E-state index contributed by atoms with van der Waals surface area (Å²) in [5.74, 6) is -0.161. The molecule has 4 rings (SSSR count). The second-order valence-electron chi connectivity index (χ2n) is 7.62. The van der Waals surface area contributed by atoms with E-state index in [0.29, 0.717) is 55.1 Å². The van der Waals surface area contributed by atoms with Crippen molar-refractivity contribution in [3.8, 4) is 0 Å². The second kappa shape index (κ2) is 8.26. The SMILES string of the molecule is CCn1nccc1C(=O)NC1CCN(C2=NS(=O)(=O)C(c3ccc(F)cc3)=C2C)CC1. The summed E-state index contributed by atoms with van der Waals surface area (Å²) >= 11 is 0. The van der Waals surface area contributed by atoms with Crippen LogP contribution in [0, 0.1) is 5.82 Å². The molecule has 31 heavy (non-hydrogen) atoms. The zero-order valence-corrected chi connectivity index (χ0v) is 18.2. The first-order valence-corrected chi connectivity index (χ1v) is 11.6. The molecule has 0 unspecified atom stereocenters. The molecule has 8 nitrogen and oxygen atoms in total. The van der Waals surface area contributed by atoms with Gasteiger partial charge in [0.2, 0.25) is 0 Å². The lowest BCUT2D eigenvalue weighted by Gasteiger charge is -2.33. The average molecular weight is 446 g/mol. The van der Waals surface area contributed by atoms with E-state index in [1.807, 2.05) is 11.8 Å². The lowest BCUT2D eigenvalue weighted by atomic mass is 10.0. The Bertz CT molecular complexity index is 1160. The summed E-state index contributed by atoms with van der Waals surface area (Å²) in [6.45, 7) is 5.40. The number of amidine groups is 1. The standard InChI is InChI=1S/C21H24FN5O3S/c1-3-27-18(8-11-23-27)21(28)24-17-9-12-26(13-10-17)20-14(2)19(31(29,30)25-20)15-4-6-16(22)7-5-15/h4-8,11,17H,3,9-10,12-13H2,1-2H3,(H,24,28). The van der Waals surface area contributed by atoms with Crippen molar-refractivity contribution in [3.63, 3.8) is 0 Å². The Labute approximate surface area is 180 Å². The van der Waals surface area contributed by atoms with E-state index >= 15 is 0 Å². The van der Waals surface area contributed by atoms with Crippen molar-refractivity contribution in [2.75, 3.05) is 13.1 Å². The van der Waals surface area contributed by atoms with Crippen LogP contribution in [0.1, 0.15) is 42.7 Å². The number of rotatable bonds is 4. The molecule has 0 bridgehead atoms. The maximum Gasteiger partial charge on any atom is 0.285 e. The molecule has 0 aliphatic carbocycles. The van der Waals surface area contributed by atoms with Gasteiger partial charge in [0.1, 0.15) is 22.3 Å². The lowest BCUT2D eigenvalue weighted by molar-refractivity contribution is 0.0911. The molecular weight excluding hydrogens is 421 g/mol. The predicted octanol–water partition coefficient (Wildman–Crippen LogP) is 2.41. The Morgan fingerprint density at radius 1 is 1.19 bits per heavy atom. The minimum atomic E-state index is -3.85. The zero-order valence-electron chi connectivity index (χ0n) is 17.4. The number of hydrogen-bond donors (Lipinski definition) is 1. The van der Waals surface area contributed by atoms with Crippen LogP contribution in [0.15, 0.2) is 46.5 Å². The molecule has 1 aromatic heterocycles. The third-order valence-corrected chi connectivity index (χ3v) is 7.10. The molecule has 0 radical (unpaired) electrons. The van der Waals surface area contributed by atoms with Crippen LogP contribution in [0.4, 0.5) is 4.39 Å². The fourth-order valence-electron chi connectivity index (χ4n) is 4.06. The van der Waals surface area contributed by atoms with Crippen LogP contribution in [0.2, 0.25) is 0 Å². The van der Waals surface area contributed by atoms with E-state index < -0.39 is 15.8 Å². The average Bonchev–Trinajstić information content (AvgIpc) is 3.31. The number of likely N-dealkylation sites (tertiary alicyclic amines) is 1. The van der Waals surface area contributed by atoms with Crippen molar-refractivity contribution in [1.29, 1.82) is 0 Å². The van der Waals surface area contributed by atoms with E-state index in [1.54, 1.807) is 23.9 Å². The number of benzene rings is 1. The quantitative estimate of drug-likeness (QED) is 0.780. The Morgan fingerprint density at radius 2 is 1.87 bits per heavy atom. The fraction of sp³-hybridized carbons (Fsp3) is 0.381. The number of aromatic nitrogens is 2. The van der Waals surface area contributed by atoms with Crippen molar-refractivity contribution in [1.82, 2.24) is 20.0 Å². The van der Waals surface area contributed by atoms with Gasteiger partial charge in [-0.3, -0.25) is 9.48 Å². The summed E-state index contributed by atoms with van der Waals surface area (Å²) < 4.78 is 44.3. The molecule has 0 atom stereocenters. The van der Waals surface area contributed by atoms with Crippen molar-refractivity contribution in [2.45, 2.75) is 39.3 Å². The molecule has 2 aromatic rings. The van der Waals surface area contributed by atoms with E-state index in [-0.39, 0.29) is 16.9 Å². The minimum Gasteiger partial charge on any atom is -0.356 e. The Morgan fingerprint density at radius 3 is 2.52 bits per heavy atom. The number of piperidine rings is 1. The highest BCUT2D eigenvalue weighted by atomic mass is 32.2. The lowest BCUT2D eigenvalue weighted by Crippen LogP contribution is -2.46. The van der Waals surface area contributed by atoms with Gasteiger partial charge in [-0.2, -0.15) is 13.5 Å². The molecule has 1 fully saturated rings. The van der Waals surface area contributed by atoms with Gasteiger partial charge in [-0.25, -0.2) is 4.39 Å². The van der Waals surface area contributed by atoms with Gasteiger partial charge in [0.05, 0.1) is 0 Å². The molecule has 0 spiro atoms. The largest absolute Gasteiger partial charge is 0.356 e. The Hall–Kier alpha value is -3.01. The number of sulfonamides is 1. The monoisotopic (exact) mass is 445 g/mol. The van der Waals surface area contributed by atoms with Crippen LogP contribution in [0.5, 0.6) is 0 Å². The Balaban J connectivity index is 1.45. The highest BCUT2D eigenvalue weighted by Gasteiger charge is 2.35. The van der Waals surface area contributed by atoms with Gasteiger partial charge in [-0.05, 0) is 50.5 Å². The van der Waals surface area contributed by atoms with Crippen molar-refractivity contribution >= 4 is 26.7 Å². The summed E-state index contributed by atoms with van der Waals surface area (Å²) in [4.78, 5) is 14.6. The second-order valence-corrected chi connectivity index (χ2v) is 9.16. The molecule has 1 amide bonds. The van der Waals surface area contributed by atoms with E-state index in [9.17, 15) is 17.6 Å². The first kappa shape index (κ1) is 21.2. The molecule has 1 saturated heterocycles. The zero-order chi connectivity index (χ0) is 22.2. The number of carbonyl (C=O) groups is 1. The molecule has 3 heterocycles. The van der Waals surface area contributed by atoms with Crippen LogP contribution < -0.4 is 5.32 Å². The number of nitrogens with zero attached hydrogens (tertiary/aromatic N) is 4. The molecule has 2 aliphatic rings. The van der Waals surface area contributed by atoms with Crippen LogP contribution in [-0.2, 0) is 16.6 Å². The molecular formula is C21H24FN5O3S. The summed E-state index contributed by atoms with van der Waals surface area (Å²) in [6, 6.07) is 7.06. The molecule has 1 aromatic carbocycles. The van der Waals surface area contributed by atoms with Gasteiger partial charge in [-0.1, -0.05) is 12.1 Å². The van der Waals surface area contributed by atoms with Crippen molar-refractivity contribution in [3.05, 3.63) is 59.2 Å². The summed E-state index contributed by atoms with van der Waals surface area (Å²) in [6.07, 6.45) is 2.95. The van der Waals surface area contributed by atoms with Gasteiger partial charge in [0.15, 0.2) is 0 Å². The summed E-state index contributed by atoms with van der Waals surface area (Å²) in [5, 5.41) is 7.16. The van der Waals surface area contributed by atoms with Crippen LogP contribution >= 0.6 is 0 Å². The third-order valence-electron chi connectivity index (χ3n) is 5.63. The van der Waals surface area contributed by atoms with Crippen LogP contribution in [0.3, 0.4) is 0 Å². The van der Waals surface area contributed by atoms with Crippen LogP contribution in [-0.4, -0.2) is 54.0 Å². The minimum absolute atomic E-state index is 0.0107. The Kier molecular flexibility index (Phi) is 5.65. The van der Waals surface area contributed by atoms with E-state index in [0.717, 1.165) is 0 Å². The smallest absolute Gasteiger partial charge is 0.285 e. The number of halogens is 1. The molecule has 1 N–H and O–H groups in total. The summed E-state index contributed by atoms with van der Waals surface area (Å²) in [7, 11) is -3.85. The maximum atomic E-state index is 13.3. The highest BCUT2D eigenvalue weighted by Crippen LogP contribution is 2.34. The summed E-state index contributed by atoms with van der Waals surface area (Å²) in [5.41, 5.74) is 1.51. The fourth-order valence-corrected chi connectivity index (χ4v) is 5.54. The van der Waals surface area contributed by atoms with E-state index in [2.05, 4.69) is 14.8 Å². The molecule has 10 heteroatoms. The van der Waals surface area contributed by atoms with Gasteiger partial charge >= 0.3 is 0 Å². The van der Waals surface area contributed by atoms with E-state index in [4.69, 9.17) is 0 Å². The maximum absolute atomic E-state index is 13.3. The topological polar surface area (TPSA) is 96.7 Å². The third kappa shape index (κ3) is 4.12. The number of carbonyl (C=O) groups excluding carboxylic acids is 1. The van der Waals surface area contributed by atoms with Gasteiger partial charge < -0.3 is 10.2 Å². The first-order chi connectivity index (χ1) is 14.8. The van der Waals surface area contributed by atoms with Gasteiger partial charge in [0, 0.05) is 37.4 Å². The number of nitrogens with one attached hydrogen (secondary N) is 1. The normalized spacial score (nSPS) is 18.9. The number of amides is 1. The van der Waals surface area contributed by atoms with Crippen molar-refractivity contribution in [2.24, 2.45) is 4.40 Å². The van der Waals surface area contributed by atoms with Gasteiger partial charge in [-0.15, -0.1) is 4.40 Å². The molecule has 0 saturated carbocycles. The molecule has 2 aliphatic heterocycles. The molecule has 164 valence electrons. The van der Waals surface area contributed by atoms with Crippen LogP contribution in [0.25, 0.3) is 4.91 Å². The van der Waals surface area contributed by atoms with Crippen molar-refractivity contribution < 1.29 is 17.6 Å². The predicted molar refractivity (Wildman–Crippen MR) is 115 cm³/mol. The highest BCUT2D eigenvalue weighted by molar-refractivity contribution is 8.00.